The topological polar surface area (TPSA) is 29.1 Å². The van der Waals surface area contributed by atoms with E-state index in [0.29, 0.717) is 10.2 Å². The number of benzene rings is 1. The maximum absolute atomic E-state index is 13.2. The second-order valence-corrected chi connectivity index (χ2v) is 4.92. The fourth-order valence-corrected chi connectivity index (χ4v) is 2.52. The highest BCUT2D eigenvalue weighted by Gasteiger charge is 2.34. The minimum Gasteiger partial charge on any atom is -0.324 e. The molecular weight excluding hydrogens is 261 g/mol. The molecule has 2 nitrogen and oxygen atoms in total. The van der Waals surface area contributed by atoms with Gasteiger partial charge in [-0.1, -0.05) is 13.8 Å². The SMILES string of the molecule is CC(C)C1C(=O)Nc2c(Br)cc(F)cc21. The quantitative estimate of drug-likeness (QED) is 0.835. The zero-order chi connectivity index (χ0) is 11.2. The number of anilines is 1. The molecule has 1 unspecified atom stereocenters. The van der Waals surface area contributed by atoms with Crippen LogP contribution in [0.25, 0.3) is 0 Å². The lowest BCUT2D eigenvalue weighted by Gasteiger charge is -2.12. The van der Waals surface area contributed by atoms with Crippen molar-refractivity contribution in [3.63, 3.8) is 0 Å². The van der Waals surface area contributed by atoms with Crippen LogP contribution in [-0.4, -0.2) is 5.91 Å². The van der Waals surface area contributed by atoms with Gasteiger partial charge in [0.05, 0.1) is 11.6 Å². The summed E-state index contributed by atoms with van der Waals surface area (Å²) in [5.74, 6) is -0.443. The average molecular weight is 272 g/mol. The first-order chi connectivity index (χ1) is 7.00. The Hall–Kier alpha value is -0.900. The van der Waals surface area contributed by atoms with Gasteiger partial charge in [0.2, 0.25) is 5.91 Å². The van der Waals surface area contributed by atoms with Gasteiger partial charge in [-0.05, 0) is 39.5 Å². The Morgan fingerprint density at radius 1 is 1.47 bits per heavy atom. The molecule has 4 heteroatoms. The number of carbonyl (C=O) groups excluding carboxylic acids is 1. The molecule has 1 aromatic rings. The van der Waals surface area contributed by atoms with Gasteiger partial charge in [-0.15, -0.1) is 0 Å². The molecule has 0 saturated carbocycles. The fraction of sp³-hybridized carbons (Fsp3) is 0.364. The highest BCUT2D eigenvalue weighted by atomic mass is 79.9. The van der Waals surface area contributed by atoms with Crippen molar-refractivity contribution in [3.05, 3.63) is 28.0 Å². The average Bonchev–Trinajstić information content (AvgIpc) is 2.41. The molecule has 0 spiro atoms. The molecule has 0 aliphatic carbocycles. The van der Waals surface area contributed by atoms with Crippen LogP contribution in [0.15, 0.2) is 16.6 Å². The highest BCUT2D eigenvalue weighted by molar-refractivity contribution is 9.10. The minimum atomic E-state index is -0.317. The van der Waals surface area contributed by atoms with Crippen molar-refractivity contribution in [3.8, 4) is 0 Å². The Kier molecular flexibility index (Phi) is 2.54. The molecule has 1 amide bonds. The number of nitrogens with one attached hydrogen (secondary N) is 1. The monoisotopic (exact) mass is 271 g/mol. The lowest BCUT2D eigenvalue weighted by molar-refractivity contribution is -0.117. The van der Waals surface area contributed by atoms with E-state index in [2.05, 4.69) is 21.2 Å². The van der Waals surface area contributed by atoms with Crippen LogP contribution in [0.5, 0.6) is 0 Å². The van der Waals surface area contributed by atoms with E-state index in [1.165, 1.54) is 12.1 Å². The van der Waals surface area contributed by atoms with Gasteiger partial charge in [-0.2, -0.15) is 0 Å². The van der Waals surface area contributed by atoms with E-state index in [1.807, 2.05) is 13.8 Å². The fourth-order valence-electron chi connectivity index (χ4n) is 1.97. The maximum Gasteiger partial charge on any atom is 0.232 e. The normalized spacial score (nSPS) is 19.3. The summed E-state index contributed by atoms with van der Waals surface area (Å²) in [6.45, 7) is 3.91. The molecule has 0 saturated heterocycles. The zero-order valence-electron chi connectivity index (χ0n) is 8.47. The molecule has 1 heterocycles. The van der Waals surface area contributed by atoms with Gasteiger partial charge in [0.15, 0.2) is 0 Å². The van der Waals surface area contributed by atoms with Crippen molar-refractivity contribution >= 4 is 27.5 Å². The number of amides is 1. The van der Waals surface area contributed by atoms with E-state index in [-0.39, 0.29) is 23.6 Å². The molecule has 2 rings (SSSR count). The molecule has 15 heavy (non-hydrogen) atoms. The van der Waals surface area contributed by atoms with Crippen molar-refractivity contribution in [1.82, 2.24) is 0 Å². The molecular formula is C11H11BrFNO. The third kappa shape index (κ3) is 1.67. The molecule has 0 aromatic heterocycles. The number of halogens is 2. The summed E-state index contributed by atoms with van der Waals surface area (Å²) in [5.41, 5.74) is 1.46. The number of hydrogen-bond donors (Lipinski definition) is 1. The van der Waals surface area contributed by atoms with Crippen LogP contribution < -0.4 is 5.32 Å². The van der Waals surface area contributed by atoms with Gasteiger partial charge in [0, 0.05) is 4.47 Å². The molecule has 0 radical (unpaired) electrons. The Bertz CT molecular complexity index is 431. The van der Waals surface area contributed by atoms with Gasteiger partial charge in [-0.3, -0.25) is 4.79 Å². The van der Waals surface area contributed by atoms with E-state index in [1.54, 1.807) is 0 Å². The number of hydrogen-bond acceptors (Lipinski definition) is 1. The van der Waals surface area contributed by atoms with E-state index in [4.69, 9.17) is 0 Å². The van der Waals surface area contributed by atoms with Crippen molar-refractivity contribution in [2.45, 2.75) is 19.8 Å². The van der Waals surface area contributed by atoms with E-state index in [0.717, 1.165) is 5.56 Å². The summed E-state index contributed by atoms with van der Waals surface area (Å²) in [6, 6.07) is 2.80. The molecule has 0 bridgehead atoms. The van der Waals surface area contributed by atoms with Gasteiger partial charge in [0.25, 0.3) is 0 Å². The smallest absolute Gasteiger partial charge is 0.232 e. The molecule has 1 atom stereocenters. The summed E-state index contributed by atoms with van der Waals surface area (Å²) < 4.78 is 13.8. The highest BCUT2D eigenvalue weighted by Crippen LogP contribution is 2.41. The third-order valence-electron chi connectivity index (χ3n) is 2.62. The maximum atomic E-state index is 13.2. The van der Waals surface area contributed by atoms with Crippen LogP contribution >= 0.6 is 15.9 Å². The second-order valence-electron chi connectivity index (χ2n) is 4.06. The van der Waals surface area contributed by atoms with E-state index < -0.39 is 0 Å². The summed E-state index contributed by atoms with van der Waals surface area (Å²) in [6.07, 6.45) is 0. The van der Waals surface area contributed by atoms with Gasteiger partial charge in [-0.25, -0.2) is 4.39 Å². The Labute approximate surface area is 96.0 Å². The summed E-state index contributed by atoms with van der Waals surface area (Å²) in [5, 5.41) is 2.77. The van der Waals surface area contributed by atoms with Gasteiger partial charge < -0.3 is 5.32 Å². The van der Waals surface area contributed by atoms with Gasteiger partial charge in [0.1, 0.15) is 5.82 Å². The summed E-state index contributed by atoms with van der Waals surface area (Å²) >= 11 is 3.25. The van der Waals surface area contributed by atoms with Crippen LogP contribution in [0, 0.1) is 11.7 Å². The van der Waals surface area contributed by atoms with E-state index in [9.17, 15) is 9.18 Å². The summed E-state index contributed by atoms with van der Waals surface area (Å²) in [7, 11) is 0. The molecule has 80 valence electrons. The molecule has 0 fully saturated rings. The molecule has 1 N–H and O–H groups in total. The third-order valence-corrected chi connectivity index (χ3v) is 3.24. The predicted octanol–water partition coefficient (Wildman–Crippen LogP) is 3.28. The van der Waals surface area contributed by atoms with Crippen molar-refractivity contribution < 1.29 is 9.18 Å². The molecule has 1 aromatic carbocycles. The molecule has 1 aliphatic heterocycles. The first kappa shape index (κ1) is 10.6. The van der Waals surface area contributed by atoms with Crippen molar-refractivity contribution in [2.75, 3.05) is 5.32 Å². The largest absolute Gasteiger partial charge is 0.324 e. The standard InChI is InChI=1S/C11H11BrFNO/c1-5(2)9-7-3-6(13)4-8(12)10(7)14-11(9)15/h3-5,9H,1-2H3,(H,14,15). The number of rotatable bonds is 1. The van der Waals surface area contributed by atoms with E-state index >= 15 is 0 Å². The Morgan fingerprint density at radius 3 is 2.73 bits per heavy atom. The first-order valence-electron chi connectivity index (χ1n) is 4.80. The van der Waals surface area contributed by atoms with Crippen molar-refractivity contribution in [2.24, 2.45) is 5.92 Å². The molecule has 1 aliphatic rings. The number of carbonyl (C=O) groups is 1. The second kappa shape index (κ2) is 3.59. The van der Waals surface area contributed by atoms with Crippen molar-refractivity contribution in [1.29, 1.82) is 0 Å². The van der Waals surface area contributed by atoms with Crippen LogP contribution in [-0.2, 0) is 4.79 Å². The number of fused-ring (bicyclic) bond motifs is 1. The van der Waals surface area contributed by atoms with Gasteiger partial charge >= 0.3 is 0 Å². The van der Waals surface area contributed by atoms with Crippen LogP contribution in [0.2, 0.25) is 0 Å². The van der Waals surface area contributed by atoms with Crippen LogP contribution in [0.1, 0.15) is 25.3 Å². The minimum absolute atomic E-state index is 0.0497. The van der Waals surface area contributed by atoms with Crippen LogP contribution in [0.4, 0.5) is 10.1 Å². The van der Waals surface area contributed by atoms with Crippen LogP contribution in [0.3, 0.4) is 0 Å². The Morgan fingerprint density at radius 2 is 2.13 bits per heavy atom. The lowest BCUT2D eigenvalue weighted by Crippen LogP contribution is -2.16. The Balaban J connectivity index is 2.58. The zero-order valence-corrected chi connectivity index (χ0v) is 10.1. The lowest BCUT2D eigenvalue weighted by atomic mass is 9.90. The predicted molar refractivity (Wildman–Crippen MR) is 60.3 cm³/mol. The summed E-state index contributed by atoms with van der Waals surface area (Å²) in [4.78, 5) is 11.7. The first-order valence-corrected chi connectivity index (χ1v) is 5.60.